The number of pyridine rings is 1. The normalized spacial score (nSPS) is 15.9. The van der Waals surface area contributed by atoms with Gasteiger partial charge in [0.2, 0.25) is 5.13 Å². The second-order valence-corrected chi connectivity index (χ2v) is 4.68. The third kappa shape index (κ3) is 2.27. The number of hydrogen-bond donors (Lipinski definition) is 0. The van der Waals surface area contributed by atoms with E-state index >= 15 is 0 Å². The Hall–Kier alpha value is -2.42. The summed E-state index contributed by atoms with van der Waals surface area (Å²) in [5, 5.41) is 8.00. The quantitative estimate of drug-likeness (QED) is 0.484. The minimum atomic E-state index is -0.421. The minimum absolute atomic E-state index is 0.138. The number of hydrogen-bond acceptors (Lipinski definition) is 8. The Morgan fingerprint density at radius 1 is 1.32 bits per heavy atom. The second kappa shape index (κ2) is 4.69. The molecule has 0 atom stereocenters. The van der Waals surface area contributed by atoms with Crippen molar-refractivity contribution < 1.29 is 14.5 Å². The van der Waals surface area contributed by atoms with Crippen molar-refractivity contribution in [2.75, 3.05) is 0 Å². The summed E-state index contributed by atoms with van der Waals surface area (Å²) >= 11 is 1.28. The molecule has 0 aromatic carbocycles. The van der Waals surface area contributed by atoms with E-state index in [4.69, 9.17) is 0 Å². The molecule has 1 aliphatic rings. The van der Waals surface area contributed by atoms with Crippen LogP contribution in [0.25, 0.3) is 10.3 Å². The largest absolute Gasteiger partial charge is 0.271 e. The first-order valence-electron chi connectivity index (χ1n) is 5.39. The van der Waals surface area contributed by atoms with Gasteiger partial charge in [0.15, 0.2) is 5.65 Å². The van der Waals surface area contributed by atoms with Crippen molar-refractivity contribution in [3.05, 3.63) is 18.3 Å². The highest BCUT2D eigenvalue weighted by molar-refractivity contribution is 7.21. The van der Waals surface area contributed by atoms with E-state index in [0.29, 0.717) is 15.8 Å². The lowest BCUT2D eigenvalue weighted by atomic mass is 10.4. The molecule has 2 aromatic heterocycles. The molecule has 3 rings (SSSR count). The molecule has 0 radical (unpaired) electrons. The number of aromatic nitrogens is 2. The van der Waals surface area contributed by atoms with Crippen molar-refractivity contribution in [3.8, 4) is 0 Å². The molecule has 9 heteroatoms. The number of amides is 2. The zero-order chi connectivity index (χ0) is 13.2. The molecule has 0 unspecified atom stereocenters. The molecule has 96 valence electrons. The molecule has 0 N–H and O–H groups in total. The molecule has 0 aliphatic carbocycles. The number of nitrogens with zero attached hydrogens (tertiary/aromatic N) is 5. The van der Waals surface area contributed by atoms with Gasteiger partial charge in [-0.1, -0.05) is 21.5 Å². The topological polar surface area (TPSA) is 97.1 Å². The van der Waals surface area contributed by atoms with Crippen LogP contribution >= 0.6 is 11.3 Å². The third-order valence-corrected chi connectivity index (χ3v) is 3.30. The fourth-order valence-corrected chi connectivity index (χ4v) is 2.28. The van der Waals surface area contributed by atoms with Gasteiger partial charge in [-0.15, -0.1) is 0 Å². The molecule has 0 bridgehead atoms. The summed E-state index contributed by atoms with van der Waals surface area (Å²) in [6.45, 7) is 0. The van der Waals surface area contributed by atoms with Crippen molar-refractivity contribution in [2.45, 2.75) is 12.8 Å². The van der Waals surface area contributed by atoms with E-state index in [1.165, 1.54) is 11.3 Å². The monoisotopic (exact) mass is 277 g/mol. The minimum Gasteiger partial charge on any atom is -0.271 e. The first-order valence-corrected chi connectivity index (χ1v) is 6.21. The summed E-state index contributed by atoms with van der Waals surface area (Å²) in [7, 11) is 0. The van der Waals surface area contributed by atoms with Crippen LogP contribution in [0.1, 0.15) is 12.8 Å². The Balaban J connectivity index is 1.72. The number of thiazole rings is 1. The second-order valence-electron chi connectivity index (χ2n) is 3.67. The summed E-state index contributed by atoms with van der Waals surface area (Å²) in [5.41, 5.74) is 0.565. The van der Waals surface area contributed by atoms with Gasteiger partial charge in [0.25, 0.3) is 11.8 Å². The number of rotatable bonds is 3. The number of hydroxylamine groups is 2. The zero-order valence-electron chi connectivity index (χ0n) is 9.52. The van der Waals surface area contributed by atoms with Crippen LogP contribution in [0.3, 0.4) is 0 Å². The van der Waals surface area contributed by atoms with Crippen molar-refractivity contribution in [2.24, 2.45) is 10.4 Å². The molecule has 0 saturated carbocycles. The predicted octanol–water partition coefficient (Wildman–Crippen LogP) is 1.77. The first kappa shape index (κ1) is 11.7. The molecule has 19 heavy (non-hydrogen) atoms. The van der Waals surface area contributed by atoms with E-state index < -0.39 is 11.8 Å². The maximum Gasteiger partial charge on any atom is 0.266 e. The lowest BCUT2D eigenvalue weighted by molar-refractivity contribution is -0.190. The van der Waals surface area contributed by atoms with Crippen LogP contribution < -0.4 is 0 Å². The van der Waals surface area contributed by atoms with E-state index in [1.54, 1.807) is 12.3 Å². The SMILES string of the molecule is O=C1CCC(=O)N1O/N=N/c1nc2ncccc2s1. The Labute approximate surface area is 110 Å². The van der Waals surface area contributed by atoms with E-state index in [-0.39, 0.29) is 12.8 Å². The van der Waals surface area contributed by atoms with Crippen LogP contribution in [-0.2, 0) is 14.5 Å². The van der Waals surface area contributed by atoms with Crippen molar-refractivity contribution in [1.29, 1.82) is 0 Å². The average molecular weight is 277 g/mol. The van der Waals surface area contributed by atoms with Crippen LogP contribution in [0.5, 0.6) is 0 Å². The van der Waals surface area contributed by atoms with Crippen LogP contribution in [-0.4, -0.2) is 26.8 Å². The maximum absolute atomic E-state index is 11.2. The van der Waals surface area contributed by atoms with Gasteiger partial charge in [-0.2, -0.15) is 4.98 Å². The lowest BCUT2D eigenvalue weighted by Gasteiger charge is -2.05. The standard InChI is InChI=1S/C10H7N5O3S/c16-7-3-4-8(17)15(7)18-14-13-10-12-9-6(19-10)2-1-5-11-9/h1-2,5H,3-4H2/b14-13+. The van der Waals surface area contributed by atoms with Crippen molar-refractivity contribution in [3.63, 3.8) is 0 Å². The van der Waals surface area contributed by atoms with E-state index in [0.717, 1.165) is 4.70 Å². The Kier molecular flexibility index (Phi) is 2.88. The summed E-state index contributed by atoms with van der Waals surface area (Å²) in [4.78, 5) is 35.3. The Morgan fingerprint density at radius 2 is 2.11 bits per heavy atom. The molecular formula is C10H7N5O3S. The fourth-order valence-electron chi connectivity index (χ4n) is 1.54. The van der Waals surface area contributed by atoms with Gasteiger partial charge in [0.1, 0.15) is 0 Å². The van der Waals surface area contributed by atoms with Gasteiger partial charge in [-0.05, 0) is 12.1 Å². The molecule has 0 spiro atoms. The number of carbonyl (C=O) groups is 2. The highest BCUT2D eigenvalue weighted by Gasteiger charge is 2.31. The van der Waals surface area contributed by atoms with Gasteiger partial charge < -0.3 is 0 Å². The molecular weight excluding hydrogens is 270 g/mol. The molecule has 2 aromatic rings. The van der Waals surface area contributed by atoms with E-state index in [9.17, 15) is 9.59 Å². The summed E-state index contributed by atoms with van der Waals surface area (Å²) in [6, 6.07) is 3.65. The number of fused-ring (bicyclic) bond motifs is 1. The molecule has 1 aliphatic heterocycles. The molecule has 1 saturated heterocycles. The van der Waals surface area contributed by atoms with Crippen LogP contribution in [0.4, 0.5) is 5.13 Å². The first-order chi connectivity index (χ1) is 9.24. The fraction of sp³-hybridized carbons (Fsp3) is 0.200. The summed E-state index contributed by atoms with van der Waals surface area (Å²) < 4.78 is 0.866. The smallest absolute Gasteiger partial charge is 0.266 e. The van der Waals surface area contributed by atoms with E-state index in [1.807, 2.05) is 6.07 Å². The van der Waals surface area contributed by atoms with Gasteiger partial charge in [-0.25, -0.2) is 9.92 Å². The van der Waals surface area contributed by atoms with Gasteiger partial charge in [-0.3, -0.25) is 9.59 Å². The zero-order valence-corrected chi connectivity index (χ0v) is 10.3. The number of carbonyl (C=O) groups excluding carboxylic acids is 2. The van der Waals surface area contributed by atoms with Gasteiger partial charge in [0.05, 0.1) is 9.98 Å². The molecule has 8 nitrogen and oxygen atoms in total. The molecule has 1 fully saturated rings. The third-order valence-electron chi connectivity index (χ3n) is 2.40. The highest BCUT2D eigenvalue weighted by atomic mass is 32.1. The van der Waals surface area contributed by atoms with Gasteiger partial charge in [0, 0.05) is 19.0 Å². The number of imide groups is 1. The maximum atomic E-state index is 11.2. The van der Waals surface area contributed by atoms with Crippen molar-refractivity contribution in [1.82, 2.24) is 15.0 Å². The molecule has 3 heterocycles. The lowest BCUT2D eigenvalue weighted by Crippen LogP contribution is -2.26. The predicted molar refractivity (Wildman–Crippen MR) is 64.1 cm³/mol. The van der Waals surface area contributed by atoms with E-state index in [2.05, 4.69) is 25.3 Å². The van der Waals surface area contributed by atoms with Crippen molar-refractivity contribution >= 4 is 38.6 Å². The average Bonchev–Trinajstić information content (AvgIpc) is 2.95. The highest BCUT2D eigenvalue weighted by Crippen LogP contribution is 2.26. The Bertz CT molecular complexity index is 634. The molecule has 2 amide bonds. The summed E-state index contributed by atoms with van der Waals surface area (Å²) in [5.74, 6) is -0.843. The van der Waals surface area contributed by atoms with Crippen LogP contribution in [0, 0.1) is 0 Å². The van der Waals surface area contributed by atoms with Crippen LogP contribution in [0.15, 0.2) is 28.7 Å². The summed E-state index contributed by atoms with van der Waals surface area (Å²) in [6.07, 6.45) is 1.90. The van der Waals surface area contributed by atoms with Gasteiger partial charge >= 0.3 is 0 Å². The van der Waals surface area contributed by atoms with Crippen LogP contribution in [0.2, 0.25) is 0 Å². The Morgan fingerprint density at radius 3 is 2.84 bits per heavy atom.